The monoisotopic (exact) mass is 396 g/mol. The highest BCUT2D eigenvalue weighted by Gasteiger charge is 2.31. The number of hydrogen-bond acceptors (Lipinski definition) is 4. The molecule has 0 heterocycles. The smallest absolute Gasteiger partial charge is 0.416 e. The van der Waals surface area contributed by atoms with Crippen LogP contribution in [0.4, 0.5) is 13.2 Å². The molecule has 0 fully saturated rings. The van der Waals surface area contributed by atoms with Gasteiger partial charge in [-0.3, -0.25) is 9.59 Å². The zero-order valence-electron chi connectivity index (χ0n) is 14.9. The van der Waals surface area contributed by atoms with Gasteiger partial charge in [-0.05, 0) is 29.3 Å². The summed E-state index contributed by atoms with van der Waals surface area (Å²) in [6.45, 7) is 0. The van der Waals surface area contributed by atoms with Crippen LogP contribution < -0.4 is 15.8 Å². The van der Waals surface area contributed by atoms with Crippen LogP contribution in [0.15, 0.2) is 48.5 Å². The Morgan fingerprint density at radius 1 is 1.14 bits per heavy atom. The highest BCUT2D eigenvalue weighted by Crippen LogP contribution is 2.30. The molecule has 0 aromatic heterocycles. The Hall–Kier alpha value is -3.07. The number of aliphatic hydroxyl groups excluding tert-OH is 1. The molecule has 0 saturated heterocycles. The van der Waals surface area contributed by atoms with Gasteiger partial charge < -0.3 is 20.9 Å². The van der Waals surface area contributed by atoms with Crippen molar-refractivity contribution in [3.8, 4) is 5.75 Å². The molecule has 2 amide bonds. The fraction of sp³-hybridized carbons (Fsp3) is 0.263. The summed E-state index contributed by atoms with van der Waals surface area (Å²) in [6.07, 6.45) is -6.27. The number of methoxy groups -OCH3 is 1. The first-order valence-electron chi connectivity index (χ1n) is 8.20. The summed E-state index contributed by atoms with van der Waals surface area (Å²) >= 11 is 0. The number of halogens is 3. The van der Waals surface area contributed by atoms with Crippen LogP contribution in [0.2, 0.25) is 0 Å². The minimum Gasteiger partial charge on any atom is -0.496 e. The highest BCUT2D eigenvalue weighted by atomic mass is 19.4. The number of rotatable bonds is 7. The zero-order chi connectivity index (χ0) is 20.9. The molecule has 0 spiro atoms. The summed E-state index contributed by atoms with van der Waals surface area (Å²) < 4.78 is 43.0. The fourth-order valence-corrected chi connectivity index (χ4v) is 2.57. The minimum absolute atomic E-state index is 0.0187. The summed E-state index contributed by atoms with van der Waals surface area (Å²) in [5.41, 5.74) is 4.98. The largest absolute Gasteiger partial charge is 0.496 e. The number of ether oxygens (including phenoxy) is 1. The highest BCUT2D eigenvalue weighted by molar-refractivity contribution is 5.89. The number of nitrogens with one attached hydrogen (secondary N) is 1. The van der Waals surface area contributed by atoms with Gasteiger partial charge in [0.15, 0.2) is 6.10 Å². The number of amides is 2. The molecular weight excluding hydrogens is 377 g/mol. The summed E-state index contributed by atoms with van der Waals surface area (Å²) in [7, 11) is 1.45. The number of carbonyl (C=O) groups is 2. The van der Waals surface area contributed by atoms with Gasteiger partial charge in [-0.25, -0.2) is 0 Å². The Bertz CT molecular complexity index is 838. The molecule has 2 aromatic carbocycles. The number of benzene rings is 2. The molecule has 0 aliphatic rings. The van der Waals surface area contributed by atoms with Gasteiger partial charge in [0.05, 0.1) is 12.7 Å². The van der Waals surface area contributed by atoms with Crippen molar-refractivity contribution in [1.29, 1.82) is 0 Å². The normalized spacial score (nSPS) is 13.5. The van der Waals surface area contributed by atoms with Crippen LogP contribution in [-0.2, 0) is 22.2 Å². The Kier molecular flexibility index (Phi) is 6.63. The predicted octanol–water partition coefficient (Wildman–Crippen LogP) is 1.96. The average molecular weight is 396 g/mol. The van der Waals surface area contributed by atoms with E-state index in [0.717, 1.165) is 24.3 Å². The van der Waals surface area contributed by atoms with E-state index < -0.39 is 35.7 Å². The van der Waals surface area contributed by atoms with Gasteiger partial charge in [0.2, 0.25) is 5.91 Å². The molecule has 0 aliphatic carbocycles. The second kappa shape index (κ2) is 8.75. The van der Waals surface area contributed by atoms with E-state index in [0.29, 0.717) is 11.3 Å². The van der Waals surface area contributed by atoms with Crippen molar-refractivity contribution in [2.24, 2.45) is 5.73 Å². The van der Waals surface area contributed by atoms with Crippen molar-refractivity contribution in [2.75, 3.05) is 7.11 Å². The standard InChI is InChI=1S/C19H19F3N2O4/c1-28-15-5-3-2-4-12(15)10-14(17(23)26)24-18(27)16(25)11-6-8-13(9-7-11)19(20,21)22/h2-9,14,16,25H,10H2,1H3,(H2,23,26)(H,24,27)/t14-,16-/m0/s1. The number of hydrogen-bond donors (Lipinski definition) is 3. The fourth-order valence-electron chi connectivity index (χ4n) is 2.57. The third kappa shape index (κ3) is 5.23. The maximum absolute atomic E-state index is 12.6. The number of nitrogens with two attached hydrogens (primary N) is 1. The van der Waals surface area contributed by atoms with Crippen LogP contribution >= 0.6 is 0 Å². The Morgan fingerprint density at radius 3 is 2.29 bits per heavy atom. The SMILES string of the molecule is COc1ccccc1C[C@H](NC(=O)[C@@H](O)c1ccc(C(F)(F)F)cc1)C(N)=O. The Balaban J connectivity index is 2.12. The first-order chi connectivity index (χ1) is 13.1. The molecule has 9 heteroatoms. The van der Waals surface area contributed by atoms with Crippen molar-refractivity contribution in [3.63, 3.8) is 0 Å². The van der Waals surface area contributed by atoms with Crippen molar-refractivity contribution >= 4 is 11.8 Å². The molecule has 2 rings (SSSR count). The molecule has 4 N–H and O–H groups in total. The van der Waals surface area contributed by atoms with Gasteiger partial charge in [0.25, 0.3) is 5.91 Å². The lowest BCUT2D eigenvalue weighted by atomic mass is 10.0. The van der Waals surface area contributed by atoms with Crippen molar-refractivity contribution in [1.82, 2.24) is 5.32 Å². The molecule has 0 unspecified atom stereocenters. The van der Waals surface area contributed by atoms with E-state index in [4.69, 9.17) is 10.5 Å². The van der Waals surface area contributed by atoms with Gasteiger partial charge in [-0.2, -0.15) is 13.2 Å². The first-order valence-corrected chi connectivity index (χ1v) is 8.20. The van der Waals surface area contributed by atoms with Gasteiger partial charge in [-0.1, -0.05) is 30.3 Å². The van der Waals surface area contributed by atoms with Crippen LogP contribution in [0.1, 0.15) is 22.8 Å². The van der Waals surface area contributed by atoms with Crippen LogP contribution in [0.5, 0.6) is 5.75 Å². The van der Waals surface area contributed by atoms with Crippen molar-refractivity contribution in [2.45, 2.75) is 24.7 Å². The van der Waals surface area contributed by atoms with E-state index in [1.807, 2.05) is 0 Å². The Labute approximate surface area is 159 Å². The van der Waals surface area contributed by atoms with E-state index >= 15 is 0 Å². The summed E-state index contributed by atoms with van der Waals surface area (Å²) in [5.74, 6) is -1.30. The van der Waals surface area contributed by atoms with Gasteiger partial charge in [0, 0.05) is 6.42 Å². The number of carbonyl (C=O) groups excluding carboxylic acids is 2. The number of para-hydroxylation sites is 1. The lowest BCUT2D eigenvalue weighted by Crippen LogP contribution is -2.47. The lowest BCUT2D eigenvalue weighted by Gasteiger charge is -2.19. The van der Waals surface area contributed by atoms with Crippen LogP contribution in [0.3, 0.4) is 0 Å². The summed E-state index contributed by atoms with van der Waals surface area (Å²) in [6, 6.07) is 9.16. The third-order valence-corrected chi connectivity index (χ3v) is 4.08. The third-order valence-electron chi connectivity index (χ3n) is 4.08. The zero-order valence-corrected chi connectivity index (χ0v) is 14.9. The van der Waals surface area contributed by atoms with E-state index in [9.17, 15) is 27.9 Å². The topological polar surface area (TPSA) is 102 Å². The number of aliphatic hydroxyl groups is 1. The van der Waals surface area contributed by atoms with E-state index in [-0.39, 0.29) is 12.0 Å². The van der Waals surface area contributed by atoms with Crippen molar-refractivity contribution < 1.29 is 32.6 Å². The summed E-state index contributed by atoms with van der Waals surface area (Å²) in [4.78, 5) is 24.0. The molecule has 6 nitrogen and oxygen atoms in total. The maximum atomic E-state index is 12.6. The molecule has 0 aliphatic heterocycles. The van der Waals surface area contributed by atoms with E-state index in [2.05, 4.69) is 5.32 Å². The van der Waals surface area contributed by atoms with E-state index in [1.54, 1.807) is 24.3 Å². The van der Waals surface area contributed by atoms with Crippen molar-refractivity contribution in [3.05, 3.63) is 65.2 Å². The molecule has 0 saturated carbocycles. The van der Waals surface area contributed by atoms with Gasteiger partial charge >= 0.3 is 6.18 Å². The van der Waals surface area contributed by atoms with Crippen LogP contribution in [0.25, 0.3) is 0 Å². The molecule has 28 heavy (non-hydrogen) atoms. The van der Waals surface area contributed by atoms with Crippen LogP contribution in [-0.4, -0.2) is 30.1 Å². The quantitative estimate of drug-likeness (QED) is 0.666. The molecular formula is C19H19F3N2O4. The van der Waals surface area contributed by atoms with E-state index in [1.165, 1.54) is 7.11 Å². The second-order valence-electron chi connectivity index (χ2n) is 6.00. The molecule has 150 valence electrons. The molecule has 2 aromatic rings. The predicted molar refractivity (Wildman–Crippen MR) is 94.2 cm³/mol. The van der Waals surface area contributed by atoms with Gasteiger partial charge in [-0.15, -0.1) is 0 Å². The molecule has 2 atom stereocenters. The minimum atomic E-state index is -4.53. The average Bonchev–Trinajstić information content (AvgIpc) is 2.66. The molecule has 0 radical (unpaired) electrons. The van der Waals surface area contributed by atoms with Gasteiger partial charge in [0.1, 0.15) is 11.8 Å². The Morgan fingerprint density at radius 2 is 1.75 bits per heavy atom. The number of alkyl halides is 3. The number of primary amides is 1. The summed E-state index contributed by atoms with van der Waals surface area (Å²) in [5, 5.41) is 12.4. The first kappa shape index (κ1) is 21.2. The maximum Gasteiger partial charge on any atom is 0.416 e. The second-order valence-corrected chi connectivity index (χ2v) is 6.00. The lowest BCUT2D eigenvalue weighted by molar-refractivity contribution is -0.137. The molecule has 0 bridgehead atoms. The van der Waals surface area contributed by atoms with Crippen LogP contribution in [0, 0.1) is 0 Å².